The van der Waals surface area contributed by atoms with E-state index in [9.17, 15) is 0 Å². The zero-order valence-corrected chi connectivity index (χ0v) is 7.80. The highest BCUT2D eigenvalue weighted by molar-refractivity contribution is 5.85. The molecule has 0 unspecified atom stereocenters. The SMILES string of the molecule is CNc1ncnc2c1cnn2CCO. The maximum atomic E-state index is 8.80. The molecule has 0 aromatic carbocycles. The summed E-state index contributed by atoms with van der Waals surface area (Å²) in [7, 11) is 1.80. The average molecular weight is 193 g/mol. The van der Waals surface area contributed by atoms with Gasteiger partial charge in [-0.1, -0.05) is 0 Å². The van der Waals surface area contributed by atoms with Gasteiger partial charge in [-0.3, -0.25) is 0 Å². The van der Waals surface area contributed by atoms with Gasteiger partial charge in [0.25, 0.3) is 0 Å². The Morgan fingerprint density at radius 2 is 2.36 bits per heavy atom. The lowest BCUT2D eigenvalue weighted by molar-refractivity contribution is 0.271. The van der Waals surface area contributed by atoms with Gasteiger partial charge in [0.2, 0.25) is 0 Å². The molecule has 0 saturated carbocycles. The van der Waals surface area contributed by atoms with Crippen molar-refractivity contribution < 1.29 is 5.11 Å². The Labute approximate surface area is 80.6 Å². The lowest BCUT2D eigenvalue weighted by Crippen LogP contribution is -2.04. The number of hydrogen-bond acceptors (Lipinski definition) is 5. The quantitative estimate of drug-likeness (QED) is 0.709. The highest BCUT2D eigenvalue weighted by Gasteiger charge is 2.07. The molecule has 0 radical (unpaired) electrons. The van der Waals surface area contributed by atoms with Crippen LogP contribution in [0.25, 0.3) is 11.0 Å². The topological polar surface area (TPSA) is 75.9 Å². The van der Waals surface area contributed by atoms with Crippen LogP contribution in [0.3, 0.4) is 0 Å². The minimum absolute atomic E-state index is 0.0513. The number of nitrogens with zero attached hydrogens (tertiary/aromatic N) is 4. The maximum absolute atomic E-state index is 8.80. The van der Waals surface area contributed by atoms with Gasteiger partial charge >= 0.3 is 0 Å². The van der Waals surface area contributed by atoms with Crippen LogP contribution in [0.4, 0.5) is 5.82 Å². The Morgan fingerprint density at radius 3 is 3.07 bits per heavy atom. The first-order chi connectivity index (χ1) is 6.86. The summed E-state index contributed by atoms with van der Waals surface area (Å²) >= 11 is 0. The summed E-state index contributed by atoms with van der Waals surface area (Å²) in [6.45, 7) is 0.499. The summed E-state index contributed by atoms with van der Waals surface area (Å²) in [5, 5.41) is 16.7. The Bertz CT molecular complexity index is 438. The van der Waals surface area contributed by atoms with Crippen molar-refractivity contribution in [3.8, 4) is 0 Å². The number of aliphatic hydroxyl groups excluding tert-OH is 1. The highest BCUT2D eigenvalue weighted by atomic mass is 16.3. The molecule has 2 aromatic rings. The van der Waals surface area contributed by atoms with E-state index in [0.29, 0.717) is 6.54 Å². The molecular weight excluding hydrogens is 182 g/mol. The van der Waals surface area contributed by atoms with Crippen molar-refractivity contribution in [2.45, 2.75) is 6.54 Å². The molecule has 0 bridgehead atoms. The Kier molecular flexibility index (Phi) is 2.28. The first kappa shape index (κ1) is 8.89. The predicted octanol–water partition coefficient (Wildman–Crippen LogP) is -0.140. The van der Waals surface area contributed by atoms with Gasteiger partial charge in [0, 0.05) is 7.05 Å². The largest absolute Gasteiger partial charge is 0.394 e. The van der Waals surface area contributed by atoms with Gasteiger partial charge < -0.3 is 10.4 Å². The average Bonchev–Trinajstić information content (AvgIpc) is 2.62. The molecule has 0 aliphatic carbocycles. The van der Waals surface area contributed by atoms with E-state index in [-0.39, 0.29) is 6.61 Å². The zero-order valence-electron chi connectivity index (χ0n) is 7.80. The summed E-state index contributed by atoms with van der Waals surface area (Å²) in [4.78, 5) is 8.17. The van der Waals surface area contributed by atoms with Gasteiger partial charge in [0.05, 0.1) is 24.7 Å². The van der Waals surface area contributed by atoms with Gasteiger partial charge in [-0.25, -0.2) is 14.6 Å². The van der Waals surface area contributed by atoms with E-state index in [0.717, 1.165) is 16.9 Å². The molecule has 14 heavy (non-hydrogen) atoms. The zero-order chi connectivity index (χ0) is 9.97. The summed E-state index contributed by atoms with van der Waals surface area (Å²) < 4.78 is 1.65. The van der Waals surface area contributed by atoms with Crippen LogP contribution in [0.5, 0.6) is 0 Å². The van der Waals surface area contributed by atoms with Crippen molar-refractivity contribution in [3.63, 3.8) is 0 Å². The number of hydrogen-bond donors (Lipinski definition) is 2. The molecule has 0 aliphatic rings. The first-order valence-corrected chi connectivity index (χ1v) is 4.32. The third kappa shape index (κ3) is 1.29. The Balaban J connectivity index is 2.57. The molecule has 0 fully saturated rings. The van der Waals surface area contributed by atoms with Gasteiger partial charge in [-0.15, -0.1) is 0 Å². The van der Waals surface area contributed by atoms with Crippen molar-refractivity contribution >= 4 is 16.9 Å². The monoisotopic (exact) mass is 193 g/mol. The molecule has 0 saturated heterocycles. The molecule has 0 spiro atoms. The number of aromatic nitrogens is 4. The lowest BCUT2D eigenvalue weighted by atomic mass is 10.4. The number of rotatable bonds is 3. The molecule has 0 atom stereocenters. The lowest BCUT2D eigenvalue weighted by Gasteiger charge is -2.01. The maximum Gasteiger partial charge on any atom is 0.163 e. The Morgan fingerprint density at radius 1 is 1.50 bits per heavy atom. The third-order valence-electron chi connectivity index (χ3n) is 1.98. The standard InChI is InChI=1S/C8H11N5O/c1-9-7-6-4-12-13(2-3-14)8(6)11-5-10-7/h4-5,14H,2-3H2,1H3,(H,9,10,11). The van der Waals surface area contributed by atoms with Crippen molar-refractivity contribution in [3.05, 3.63) is 12.5 Å². The fraction of sp³-hybridized carbons (Fsp3) is 0.375. The molecule has 6 heteroatoms. The van der Waals surface area contributed by atoms with E-state index >= 15 is 0 Å². The van der Waals surface area contributed by atoms with E-state index in [1.54, 1.807) is 17.9 Å². The number of aliphatic hydroxyl groups is 1. The van der Waals surface area contributed by atoms with Crippen LogP contribution in [0.1, 0.15) is 0 Å². The summed E-state index contributed by atoms with van der Waals surface area (Å²) in [6.07, 6.45) is 3.17. The predicted molar refractivity (Wildman–Crippen MR) is 52.0 cm³/mol. The molecule has 2 heterocycles. The molecule has 74 valence electrons. The normalized spacial score (nSPS) is 10.7. The van der Waals surface area contributed by atoms with Crippen molar-refractivity contribution in [2.24, 2.45) is 0 Å². The van der Waals surface area contributed by atoms with Gasteiger partial charge in [-0.2, -0.15) is 5.10 Å². The summed E-state index contributed by atoms with van der Waals surface area (Å²) in [6, 6.07) is 0. The fourth-order valence-electron chi connectivity index (χ4n) is 1.35. The second-order valence-corrected chi connectivity index (χ2v) is 2.80. The van der Waals surface area contributed by atoms with Crippen LogP contribution in [0, 0.1) is 0 Å². The van der Waals surface area contributed by atoms with E-state index in [4.69, 9.17) is 5.11 Å². The van der Waals surface area contributed by atoms with Crippen LogP contribution in [-0.2, 0) is 6.54 Å². The minimum atomic E-state index is 0.0513. The first-order valence-electron chi connectivity index (χ1n) is 4.32. The number of fused-ring (bicyclic) bond motifs is 1. The van der Waals surface area contributed by atoms with Gasteiger partial charge in [0.15, 0.2) is 5.65 Å². The Hall–Kier alpha value is -1.69. The van der Waals surface area contributed by atoms with Crippen LogP contribution < -0.4 is 5.32 Å². The molecule has 2 N–H and O–H groups in total. The smallest absolute Gasteiger partial charge is 0.163 e. The van der Waals surface area contributed by atoms with E-state index in [2.05, 4.69) is 20.4 Å². The molecular formula is C8H11N5O. The molecule has 0 amide bonds. The molecule has 2 rings (SSSR count). The van der Waals surface area contributed by atoms with Crippen LogP contribution >= 0.6 is 0 Å². The summed E-state index contributed by atoms with van der Waals surface area (Å²) in [5.41, 5.74) is 0.735. The van der Waals surface area contributed by atoms with Crippen molar-refractivity contribution in [2.75, 3.05) is 19.0 Å². The molecule has 0 aliphatic heterocycles. The summed E-state index contributed by atoms with van der Waals surface area (Å²) in [5.74, 6) is 0.749. The minimum Gasteiger partial charge on any atom is -0.394 e. The van der Waals surface area contributed by atoms with Crippen LogP contribution in [-0.4, -0.2) is 38.5 Å². The van der Waals surface area contributed by atoms with E-state index < -0.39 is 0 Å². The van der Waals surface area contributed by atoms with Gasteiger partial charge in [-0.05, 0) is 0 Å². The van der Waals surface area contributed by atoms with Crippen molar-refractivity contribution in [1.29, 1.82) is 0 Å². The molecule has 2 aromatic heterocycles. The number of nitrogens with one attached hydrogen (secondary N) is 1. The second-order valence-electron chi connectivity index (χ2n) is 2.80. The van der Waals surface area contributed by atoms with E-state index in [1.165, 1.54) is 6.33 Å². The van der Waals surface area contributed by atoms with Crippen molar-refractivity contribution in [1.82, 2.24) is 19.7 Å². The van der Waals surface area contributed by atoms with Crippen LogP contribution in [0.15, 0.2) is 12.5 Å². The van der Waals surface area contributed by atoms with E-state index in [1.807, 2.05) is 0 Å². The fourth-order valence-corrected chi connectivity index (χ4v) is 1.35. The molecule has 6 nitrogen and oxygen atoms in total. The third-order valence-corrected chi connectivity index (χ3v) is 1.98. The number of anilines is 1. The van der Waals surface area contributed by atoms with Crippen LogP contribution in [0.2, 0.25) is 0 Å². The van der Waals surface area contributed by atoms with Gasteiger partial charge in [0.1, 0.15) is 12.1 Å². The second kappa shape index (κ2) is 3.59. The highest BCUT2D eigenvalue weighted by Crippen LogP contribution is 2.17.